The van der Waals surface area contributed by atoms with Crippen LogP contribution in [0, 0.1) is 6.92 Å². The number of carbonyl (C=O) groups excluding carboxylic acids is 1. The highest BCUT2D eigenvalue weighted by Crippen LogP contribution is 2.16. The summed E-state index contributed by atoms with van der Waals surface area (Å²) in [6, 6.07) is 3.55. The number of nitrogens with one attached hydrogen (secondary N) is 1. The lowest BCUT2D eigenvalue weighted by Gasteiger charge is -2.08. The Morgan fingerprint density at radius 3 is 3.21 bits per heavy atom. The molecule has 0 saturated carbocycles. The van der Waals surface area contributed by atoms with Crippen LogP contribution >= 0.6 is 0 Å². The summed E-state index contributed by atoms with van der Waals surface area (Å²) in [5, 5.41) is 7.16. The highest BCUT2D eigenvalue weighted by molar-refractivity contribution is 6.04. The molecule has 0 radical (unpaired) electrons. The van der Waals surface area contributed by atoms with E-state index in [0.29, 0.717) is 11.3 Å². The van der Waals surface area contributed by atoms with Crippen LogP contribution in [-0.4, -0.2) is 37.8 Å². The van der Waals surface area contributed by atoms with E-state index in [1.165, 1.54) is 0 Å². The molecule has 0 aromatic carbocycles. The van der Waals surface area contributed by atoms with Gasteiger partial charge in [0.05, 0.1) is 30.2 Å². The summed E-state index contributed by atoms with van der Waals surface area (Å²) >= 11 is 0. The van der Waals surface area contributed by atoms with Crippen LogP contribution in [0.15, 0.2) is 36.9 Å². The van der Waals surface area contributed by atoms with Crippen LogP contribution in [0.5, 0.6) is 0 Å². The van der Waals surface area contributed by atoms with Crippen LogP contribution < -0.4 is 5.32 Å². The summed E-state index contributed by atoms with van der Waals surface area (Å²) in [6.45, 7) is 3.47. The molecular formula is C17H19N5O2. The summed E-state index contributed by atoms with van der Waals surface area (Å²) in [5.74, 6) is -0.171. The number of fused-ring (bicyclic) bond motifs is 1. The highest BCUT2D eigenvalue weighted by Gasteiger charge is 2.16. The van der Waals surface area contributed by atoms with Crippen LogP contribution in [0.3, 0.4) is 0 Å². The van der Waals surface area contributed by atoms with Gasteiger partial charge in [0.1, 0.15) is 5.65 Å². The molecule has 1 atom stereocenters. The van der Waals surface area contributed by atoms with Crippen molar-refractivity contribution in [3.63, 3.8) is 0 Å². The van der Waals surface area contributed by atoms with E-state index in [1.54, 1.807) is 18.3 Å². The van der Waals surface area contributed by atoms with E-state index in [0.717, 1.165) is 37.3 Å². The molecule has 124 valence electrons. The zero-order valence-corrected chi connectivity index (χ0v) is 13.5. The number of pyridine rings is 1. The van der Waals surface area contributed by atoms with Crippen molar-refractivity contribution in [2.75, 3.05) is 11.9 Å². The van der Waals surface area contributed by atoms with Gasteiger partial charge in [-0.15, -0.1) is 0 Å². The van der Waals surface area contributed by atoms with Crippen molar-refractivity contribution in [1.29, 1.82) is 0 Å². The lowest BCUT2D eigenvalue weighted by molar-refractivity contribution is 0.0940. The van der Waals surface area contributed by atoms with Crippen molar-refractivity contribution >= 4 is 17.2 Å². The molecule has 1 fully saturated rings. The molecule has 1 amide bonds. The van der Waals surface area contributed by atoms with Gasteiger partial charge in [-0.1, -0.05) is 0 Å². The molecule has 1 saturated heterocycles. The van der Waals surface area contributed by atoms with E-state index in [1.807, 2.05) is 34.6 Å². The zero-order chi connectivity index (χ0) is 16.5. The Labute approximate surface area is 139 Å². The van der Waals surface area contributed by atoms with Gasteiger partial charge in [-0.3, -0.25) is 9.48 Å². The number of hydrogen-bond acceptors (Lipinski definition) is 4. The smallest absolute Gasteiger partial charge is 0.255 e. The van der Waals surface area contributed by atoms with Gasteiger partial charge < -0.3 is 14.5 Å². The maximum absolute atomic E-state index is 12.4. The summed E-state index contributed by atoms with van der Waals surface area (Å²) in [5.41, 5.74) is 2.93. The number of carbonyl (C=O) groups is 1. The fourth-order valence-electron chi connectivity index (χ4n) is 2.98. The number of amides is 1. The average Bonchev–Trinajstić information content (AvgIpc) is 3.27. The molecule has 4 rings (SSSR count). The van der Waals surface area contributed by atoms with Gasteiger partial charge in [-0.05, 0) is 31.9 Å². The van der Waals surface area contributed by atoms with Crippen LogP contribution in [0.2, 0.25) is 0 Å². The minimum absolute atomic E-state index is 0.171. The zero-order valence-electron chi connectivity index (χ0n) is 13.5. The Morgan fingerprint density at radius 1 is 1.46 bits per heavy atom. The maximum Gasteiger partial charge on any atom is 0.255 e. The third kappa shape index (κ3) is 3.03. The second kappa shape index (κ2) is 6.09. The number of nitrogens with zero attached hydrogens (tertiary/aromatic N) is 4. The molecule has 4 heterocycles. The quantitative estimate of drug-likeness (QED) is 0.798. The van der Waals surface area contributed by atoms with Crippen LogP contribution in [0.1, 0.15) is 28.9 Å². The van der Waals surface area contributed by atoms with Gasteiger partial charge in [-0.25, -0.2) is 4.98 Å². The largest absolute Gasteiger partial charge is 0.376 e. The summed E-state index contributed by atoms with van der Waals surface area (Å²) in [4.78, 5) is 16.8. The van der Waals surface area contributed by atoms with E-state index in [-0.39, 0.29) is 12.0 Å². The van der Waals surface area contributed by atoms with Crippen LogP contribution in [0.4, 0.5) is 5.69 Å². The Hall–Kier alpha value is -2.67. The Balaban J connectivity index is 1.45. The first-order valence-electron chi connectivity index (χ1n) is 8.08. The van der Waals surface area contributed by atoms with Gasteiger partial charge in [0, 0.05) is 30.8 Å². The van der Waals surface area contributed by atoms with E-state index in [2.05, 4.69) is 15.4 Å². The number of imidazole rings is 1. The number of ether oxygens (including phenoxy) is 1. The van der Waals surface area contributed by atoms with Gasteiger partial charge in [0.2, 0.25) is 0 Å². The molecule has 3 aromatic rings. The first kappa shape index (κ1) is 14.9. The Morgan fingerprint density at radius 2 is 2.38 bits per heavy atom. The second-order valence-electron chi connectivity index (χ2n) is 6.10. The molecular weight excluding hydrogens is 306 g/mol. The first-order valence-corrected chi connectivity index (χ1v) is 8.08. The minimum atomic E-state index is -0.171. The monoisotopic (exact) mass is 325 g/mol. The minimum Gasteiger partial charge on any atom is -0.376 e. The predicted octanol–water partition coefficient (Wildman–Crippen LogP) is 2.27. The van der Waals surface area contributed by atoms with Crippen molar-refractivity contribution in [1.82, 2.24) is 19.2 Å². The van der Waals surface area contributed by atoms with Crippen molar-refractivity contribution in [2.24, 2.45) is 0 Å². The molecule has 24 heavy (non-hydrogen) atoms. The second-order valence-corrected chi connectivity index (χ2v) is 6.10. The normalized spacial score (nSPS) is 17.5. The molecule has 1 aliphatic rings. The van der Waals surface area contributed by atoms with Gasteiger partial charge in [0.15, 0.2) is 0 Å². The topological polar surface area (TPSA) is 73.5 Å². The number of aromatic nitrogens is 4. The van der Waals surface area contributed by atoms with Crippen molar-refractivity contribution in [3.05, 3.63) is 48.2 Å². The van der Waals surface area contributed by atoms with Crippen molar-refractivity contribution in [3.8, 4) is 0 Å². The van der Waals surface area contributed by atoms with E-state index < -0.39 is 0 Å². The van der Waals surface area contributed by atoms with Gasteiger partial charge in [-0.2, -0.15) is 5.10 Å². The summed E-state index contributed by atoms with van der Waals surface area (Å²) in [6.07, 6.45) is 9.64. The van der Waals surface area contributed by atoms with Gasteiger partial charge >= 0.3 is 0 Å². The molecule has 7 nitrogen and oxygen atoms in total. The molecule has 1 aliphatic heterocycles. The lowest BCUT2D eigenvalue weighted by atomic mass is 10.2. The maximum atomic E-state index is 12.4. The Bertz CT molecular complexity index is 876. The van der Waals surface area contributed by atoms with E-state index in [4.69, 9.17) is 4.74 Å². The SMILES string of the molecule is Cc1cn2ccc(C(=O)Nc3cnn(CC4CCCO4)c3)cc2n1. The standard InChI is InChI=1S/C17H19N5O2/c1-12-9-21-5-4-13(7-16(21)19-12)17(23)20-14-8-18-22(10-14)11-15-3-2-6-24-15/h4-5,7-10,15H,2-3,6,11H2,1H3,(H,20,23). The molecule has 0 bridgehead atoms. The Kier molecular flexibility index (Phi) is 3.78. The summed E-state index contributed by atoms with van der Waals surface area (Å²) < 4.78 is 9.31. The third-order valence-corrected chi connectivity index (χ3v) is 4.15. The number of anilines is 1. The molecule has 0 spiro atoms. The third-order valence-electron chi connectivity index (χ3n) is 4.15. The summed E-state index contributed by atoms with van der Waals surface area (Å²) in [7, 11) is 0. The van der Waals surface area contributed by atoms with Crippen molar-refractivity contribution < 1.29 is 9.53 Å². The van der Waals surface area contributed by atoms with Crippen molar-refractivity contribution in [2.45, 2.75) is 32.4 Å². The fourth-order valence-corrected chi connectivity index (χ4v) is 2.98. The predicted molar refractivity (Wildman–Crippen MR) is 89.1 cm³/mol. The lowest BCUT2D eigenvalue weighted by Crippen LogP contribution is -2.15. The molecule has 3 aromatic heterocycles. The molecule has 1 N–H and O–H groups in total. The average molecular weight is 325 g/mol. The van der Waals surface area contributed by atoms with Gasteiger partial charge in [0.25, 0.3) is 5.91 Å². The molecule has 0 aliphatic carbocycles. The molecule has 1 unspecified atom stereocenters. The number of aryl methyl sites for hydroxylation is 1. The first-order chi connectivity index (χ1) is 11.7. The highest BCUT2D eigenvalue weighted by atomic mass is 16.5. The number of hydrogen-bond donors (Lipinski definition) is 1. The van der Waals surface area contributed by atoms with E-state index in [9.17, 15) is 4.79 Å². The molecule has 7 heteroatoms. The fraction of sp³-hybridized carbons (Fsp3) is 0.353. The van der Waals surface area contributed by atoms with E-state index >= 15 is 0 Å². The number of rotatable bonds is 4. The van der Waals surface area contributed by atoms with Crippen LogP contribution in [-0.2, 0) is 11.3 Å². The van der Waals surface area contributed by atoms with Crippen LogP contribution in [0.25, 0.3) is 5.65 Å².